The number of ether oxygens (including phenoxy) is 1. The minimum absolute atomic E-state index is 0.0479. The molecule has 0 aromatic rings. The minimum atomic E-state index is -0.453. The van der Waals surface area contributed by atoms with Crippen molar-refractivity contribution in [3.63, 3.8) is 0 Å². The van der Waals surface area contributed by atoms with Gasteiger partial charge in [0.05, 0.1) is 18.3 Å². The van der Waals surface area contributed by atoms with Gasteiger partial charge in [0, 0.05) is 0 Å². The highest BCUT2D eigenvalue weighted by molar-refractivity contribution is 5.05. The third kappa shape index (κ3) is 5.40. The normalized spacial score (nSPS) is 16.1. The maximum atomic E-state index is 9.06. The molecule has 0 bridgehead atoms. The van der Waals surface area contributed by atoms with Crippen molar-refractivity contribution in [1.82, 2.24) is 0 Å². The molecule has 0 aromatic carbocycles. The predicted octanol–water partition coefficient (Wildman–Crippen LogP) is 2.76. The molecule has 0 aromatic heterocycles. The van der Waals surface area contributed by atoms with Gasteiger partial charge in [0.2, 0.25) is 0 Å². The van der Waals surface area contributed by atoms with Gasteiger partial charge in [-0.25, -0.2) is 0 Å². The van der Waals surface area contributed by atoms with Gasteiger partial charge in [0.25, 0.3) is 0 Å². The van der Waals surface area contributed by atoms with E-state index in [1.54, 1.807) is 0 Å². The average molecular weight is 200 g/mol. The molecule has 14 heavy (non-hydrogen) atoms. The van der Waals surface area contributed by atoms with Crippen LogP contribution < -0.4 is 0 Å². The summed E-state index contributed by atoms with van der Waals surface area (Å²) in [5.74, 6) is 0.540. The van der Waals surface area contributed by atoms with E-state index in [1.807, 2.05) is 20.8 Å². The summed E-state index contributed by atoms with van der Waals surface area (Å²) in [4.78, 5) is 0. The Morgan fingerprint density at radius 3 is 2.21 bits per heavy atom. The zero-order chi connectivity index (χ0) is 11.4. The fourth-order valence-electron chi connectivity index (χ4n) is 1.27. The Labute approximate surface area is 88.0 Å². The first-order valence-electron chi connectivity index (χ1n) is 5.25. The second-order valence-electron chi connectivity index (χ2n) is 4.83. The first-order valence-corrected chi connectivity index (χ1v) is 5.25. The van der Waals surface area contributed by atoms with Crippen LogP contribution in [0.1, 0.15) is 41.5 Å². The maximum Gasteiger partial charge on any atom is 0.0864 e. The Bertz CT molecular complexity index is 192. The molecule has 2 heteroatoms. The number of aliphatic hydroxyl groups excluding tert-OH is 1. The van der Waals surface area contributed by atoms with Crippen LogP contribution in [0.3, 0.4) is 0 Å². The topological polar surface area (TPSA) is 29.5 Å². The summed E-state index contributed by atoms with van der Waals surface area (Å²) in [6.07, 6.45) is 2.26. The molecule has 1 unspecified atom stereocenters. The molecular formula is C12H24O2. The third-order valence-corrected chi connectivity index (χ3v) is 2.11. The molecule has 0 rings (SSSR count). The number of hydrogen-bond acceptors (Lipinski definition) is 2. The summed E-state index contributed by atoms with van der Waals surface area (Å²) in [7, 11) is 0. The standard InChI is InChI=1S/C12H24O2/c1-9(2)7-10(3)11(4)14-12(5,6)8-13/h7,9,11,13H,8H2,1-6H3. The zero-order valence-electron chi connectivity index (χ0n) is 10.3. The fraction of sp³-hybridized carbons (Fsp3) is 0.833. The van der Waals surface area contributed by atoms with Crippen molar-refractivity contribution in [1.29, 1.82) is 0 Å². The zero-order valence-corrected chi connectivity index (χ0v) is 10.3. The van der Waals surface area contributed by atoms with Crippen LogP contribution in [0.5, 0.6) is 0 Å². The van der Waals surface area contributed by atoms with Gasteiger partial charge in [-0.1, -0.05) is 19.9 Å². The first kappa shape index (κ1) is 13.7. The van der Waals surface area contributed by atoms with Crippen molar-refractivity contribution in [2.45, 2.75) is 53.2 Å². The Morgan fingerprint density at radius 1 is 1.36 bits per heavy atom. The van der Waals surface area contributed by atoms with Crippen LogP contribution >= 0.6 is 0 Å². The molecular weight excluding hydrogens is 176 g/mol. The molecule has 0 aliphatic carbocycles. The number of hydrogen-bond donors (Lipinski definition) is 1. The van der Waals surface area contributed by atoms with E-state index >= 15 is 0 Å². The lowest BCUT2D eigenvalue weighted by atomic mass is 10.1. The van der Waals surface area contributed by atoms with Gasteiger partial charge in [0.15, 0.2) is 0 Å². The Kier molecular flexibility index (Phi) is 5.38. The predicted molar refractivity (Wildman–Crippen MR) is 60.3 cm³/mol. The van der Waals surface area contributed by atoms with E-state index in [1.165, 1.54) is 5.57 Å². The van der Waals surface area contributed by atoms with Crippen molar-refractivity contribution in [2.75, 3.05) is 6.61 Å². The Hall–Kier alpha value is -0.340. The highest BCUT2D eigenvalue weighted by Gasteiger charge is 2.20. The molecule has 0 spiro atoms. The average Bonchev–Trinajstić information content (AvgIpc) is 2.02. The van der Waals surface area contributed by atoms with Gasteiger partial charge in [-0.2, -0.15) is 0 Å². The van der Waals surface area contributed by atoms with Gasteiger partial charge in [-0.05, 0) is 39.2 Å². The van der Waals surface area contributed by atoms with Crippen LogP contribution in [-0.2, 0) is 4.74 Å². The number of allylic oxidation sites excluding steroid dienone is 1. The molecule has 0 saturated heterocycles. The molecule has 1 atom stereocenters. The van der Waals surface area contributed by atoms with Crippen LogP contribution in [-0.4, -0.2) is 23.4 Å². The van der Waals surface area contributed by atoms with E-state index in [9.17, 15) is 0 Å². The second kappa shape index (κ2) is 5.52. The number of rotatable bonds is 5. The van der Waals surface area contributed by atoms with Crippen LogP contribution in [0.4, 0.5) is 0 Å². The van der Waals surface area contributed by atoms with Crippen molar-refractivity contribution in [3.8, 4) is 0 Å². The lowest BCUT2D eigenvalue weighted by Crippen LogP contribution is -2.33. The molecule has 84 valence electrons. The van der Waals surface area contributed by atoms with Gasteiger partial charge in [-0.15, -0.1) is 0 Å². The van der Waals surface area contributed by atoms with Crippen molar-refractivity contribution in [2.24, 2.45) is 5.92 Å². The molecule has 0 amide bonds. The summed E-state index contributed by atoms with van der Waals surface area (Å²) >= 11 is 0. The summed E-state index contributed by atoms with van der Waals surface area (Å²) < 4.78 is 5.73. The van der Waals surface area contributed by atoms with Crippen LogP contribution in [0, 0.1) is 5.92 Å². The monoisotopic (exact) mass is 200 g/mol. The largest absolute Gasteiger partial charge is 0.393 e. The summed E-state index contributed by atoms with van der Waals surface area (Å²) in [5.41, 5.74) is 0.771. The molecule has 1 N–H and O–H groups in total. The number of aliphatic hydroxyl groups is 1. The lowest BCUT2D eigenvalue weighted by Gasteiger charge is -2.28. The Balaban J connectivity index is 4.28. The molecule has 0 radical (unpaired) electrons. The molecule has 2 nitrogen and oxygen atoms in total. The molecule has 0 aliphatic rings. The van der Waals surface area contributed by atoms with Crippen LogP contribution in [0.15, 0.2) is 11.6 Å². The Morgan fingerprint density at radius 2 is 1.86 bits per heavy atom. The quantitative estimate of drug-likeness (QED) is 0.691. The smallest absolute Gasteiger partial charge is 0.0864 e. The van der Waals surface area contributed by atoms with Crippen molar-refractivity contribution >= 4 is 0 Å². The maximum absolute atomic E-state index is 9.06. The SMILES string of the molecule is CC(=CC(C)C)C(C)OC(C)(C)CO. The lowest BCUT2D eigenvalue weighted by molar-refractivity contribution is -0.0783. The van der Waals surface area contributed by atoms with Crippen molar-refractivity contribution in [3.05, 3.63) is 11.6 Å². The van der Waals surface area contributed by atoms with Crippen molar-refractivity contribution < 1.29 is 9.84 Å². The van der Waals surface area contributed by atoms with E-state index in [0.717, 1.165) is 0 Å². The van der Waals surface area contributed by atoms with Gasteiger partial charge in [0.1, 0.15) is 0 Å². The van der Waals surface area contributed by atoms with E-state index < -0.39 is 5.60 Å². The van der Waals surface area contributed by atoms with Gasteiger partial charge >= 0.3 is 0 Å². The summed E-state index contributed by atoms with van der Waals surface area (Å²) in [6, 6.07) is 0. The van der Waals surface area contributed by atoms with E-state index in [2.05, 4.69) is 26.8 Å². The molecule has 0 heterocycles. The van der Waals surface area contributed by atoms with E-state index in [-0.39, 0.29) is 12.7 Å². The summed E-state index contributed by atoms with van der Waals surface area (Å²) in [5, 5.41) is 9.06. The highest BCUT2D eigenvalue weighted by Crippen LogP contribution is 2.17. The summed E-state index contributed by atoms with van der Waals surface area (Å²) in [6.45, 7) is 12.2. The second-order valence-corrected chi connectivity index (χ2v) is 4.83. The molecule has 0 saturated carbocycles. The van der Waals surface area contributed by atoms with Crippen LogP contribution in [0.2, 0.25) is 0 Å². The first-order chi connectivity index (χ1) is 6.28. The van der Waals surface area contributed by atoms with Crippen LogP contribution in [0.25, 0.3) is 0 Å². The molecule has 0 aliphatic heterocycles. The van der Waals surface area contributed by atoms with Gasteiger partial charge in [-0.3, -0.25) is 0 Å². The fourth-order valence-corrected chi connectivity index (χ4v) is 1.27. The van der Waals surface area contributed by atoms with Gasteiger partial charge < -0.3 is 9.84 Å². The molecule has 0 fully saturated rings. The highest BCUT2D eigenvalue weighted by atomic mass is 16.5. The van der Waals surface area contributed by atoms with E-state index in [4.69, 9.17) is 9.84 Å². The minimum Gasteiger partial charge on any atom is -0.393 e. The van der Waals surface area contributed by atoms with E-state index in [0.29, 0.717) is 5.92 Å². The third-order valence-electron chi connectivity index (χ3n) is 2.11.